The molecule has 0 spiro atoms. The van der Waals surface area contributed by atoms with Crippen LogP contribution in [0.5, 0.6) is 0 Å². The zero-order chi connectivity index (χ0) is 15.2. The molecule has 21 heavy (non-hydrogen) atoms. The quantitative estimate of drug-likeness (QED) is 0.671. The molecule has 0 heterocycles. The summed E-state index contributed by atoms with van der Waals surface area (Å²) in [5.41, 5.74) is 2.09. The van der Waals surface area contributed by atoms with Crippen molar-refractivity contribution in [3.63, 3.8) is 0 Å². The minimum Gasteiger partial charge on any atom is -0.289 e. The Morgan fingerprint density at radius 2 is 1.38 bits per heavy atom. The van der Waals surface area contributed by atoms with Gasteiger partial charge in [-0.1, -0.05) is 66.2 Å². The second-order valence-electron chi connectivity index (χ2n) is 4.25. The predicted molar refractivity (Wildman–Crippen MR) is 96.1 cm³/mol. The average Bonchev–Trinajstić information content (AvgIpc) is 2.56. The molecule has 0 bridgehead atoms. The predicted octanol–water partition coefficient (Wildman–Crippen LogP) is 5.51. The van der Waals surface area contributed by atoms with Crippen molar-refractivity contribution in [2.24, 2.45) is 0 Å². The Morgan fingerprint density at radius 1 is 0.857 bits per heavy atom. The van der Waals surface area contributed by atoms with E-state index in [1.165, 1.54) is 0 Å². The van der Waals surface area contributed by atoms with E-state index in [9.17, 15) is 4.79 Å². The highest BCUT2D eigenvalue weighted by molar-refractivity contribution is 8.22. The number of halogens is 1. The van der Waals surface area contributed by atoms with Gasteiger partial charge in [0.1, 0.15) is 0 Å². The van der Waals surface area contributed by atoms with E-state index in [1.54, 1.807) is 23.5 Å². The fraction of sp³-hybridized carbons (Fsp3) is 0.118. The summed E-state index contributed by atoms with van der Waals surface area (Å²) in [6.07, 6.45) is 3.96. The number of benzene rings is 2. The van der Waals surface area contributed by atoms with Crippen molar-refractivity contribution in [3.8, 4) is 0 Å². The second-order valence-corrected chi connectivity index (χ2v) is 6.52. The Hall–Kier alpha value is -1.16. The van der Waals surface area contributed by atoms with Gasteiger partial charge in [0.25, 0.3) is 0 Å². The Bertz CT molecular complexity index is 660. The Balaban J connectivity index is 2.52. The third kappa shape index (κ3) is 3.73. The van der Waals surface area contributed by atoms with E-state index in [0.717, 1.165) is 9.80 Å². The molecule has 0 amide bonds. The largest absolute Gasteiger partial charge is 0.289 e. The number of thioether (sulfide) groups is 2. The van der Waals surface area contributed by atoms with Gasteiger partial charge in [-0.25, -0.2) is 0 Å². The van der Waals surface area contributed by atoms with Crippen LogP contribution >= 0.6 is 35.1 Å². The maximum absolute atomic E-state index is 12.7. The minimum atomic E-state index is -0.00842. The lowest BCUT2D eigenvalue weighted by Gasteiger charge is -2.10. The van der Waals surface area contributed by atoms with Crippen LogP contribution in [-0.4, -0.2) is 18.3 Å². The van der Waals surface area contributed by atoms with Crippen molar-refractivity contribution in [2.75, 3.05) is 12.5 Å². The van der Waals surface area contributed by atoms with E-state index in [4.69, 9.17) is 11.6 Å². The van der Waals surface area contributed by atoms with Crippen LogP contribution in [0, 0.1) is 0 Å². The lowest BCUT2D eigenvalue weighted by atomic mass is 9.98. The Kier molecular flexibility index (Phi) is 5.97. The fourth-order valence-electron chi connectivity index (χ4n) is 1.99. The van der Waals surface area contributed by atoms with Gasteiger partial charge in [0, 0.05) is 16.7 Å². The third-order valence-corrected chi connectivity index (χ3v) is 5.76. The highest BCUT2D eigenvalue weighted by Gasteiger charge is 2.16. The molecule has 0 aliphatic rings. The van der Waals surface area contributed by atoms with Crippen LogP contribution in [0.4, 0.5) is 0 Å². The molecule has 1 nitrogen and oxygen atoms in total. The van der Waals surface area contributed by atoms with Gasteiger partial charge in [-0.2, -0.15) is 0 Å². The van der Waals surface area contributed by atoms with Gasteiger partial charge in [-0.05, 0) is 12.5 Å². The molecular formula is C17H15ClOS2. The van der Waals surface area contributed by atoms with E-state index >= 15 is 0 Å². The van der Waals surface area contributed by atoms with Gasteiger partial charge < -0.3 is 0 Å². The van der Waals surface area contributed by atoms with Gasteiger partial charge in [-0.3, -0.25) is 4.79 Å². The fourth-order valence-corrected chi connectivity index (χ4v) is 3.86. The van der Waals surface area contributed by atoms with Gasteiger partial charge in [-0.15, -0.1) is 23.5 Å². The third-order valence-electron chi connectivity index (χ3n) is 2.99. The van der Waals surface area contributed by atoms with E-state index in [0.29, 0.717) is 16.2 Å². The maximum Gasteiger partial charge on any atom is 0.193 e. The molecular weight excluding hydrogens is 320 g/mol. The van der Waals surface area contributed by atoms with Gasteiger partial charge in [0.15, 0.2) is 5.78 Å². The van der Waals surface area contributed by atoms with Crippen LogP contribution in [0.15, 0.2) is 58.8 Å². The monoisotopic (exact) mass is 334 g/mol. The summed E-state index contributed by atoms with van der Waals surface area (Å²) in [5.74, 6) is -0.00842. The average molecular weight is 335 g/mol. The maximum atomic E-state index is 12.7. The summed E-state index contributed by atoms with van der Waals surface area (Å²) in [7, 11) is 0. The minimum absolute atomic E-state index is 0.00842. The molecule has 0 fully saturated rings. The van der Waals surface area contributed by atoms with Crippen LogP contribution in [0.3, 0.4) is 0 Å². The van der Waals surface area contributed by atoms with Crippen LogP contribution in [-0.2, 0) is 0 Å². The highest BCUT2D eigenvalue weighted by Crippen LogP contribution is 2.37. The first-order valence-electron chi connectivity index (χ1n) is 6.36. The van der Waals surface area contributed by atoms with E-state index in [2.05, 4.69) is 0 Å². The molecule has 0 saturated heterocycles. The lowest BCUT2D eigenvalue weighted by Crippen LogP contribution is -2.04. The smallest absolute Gasteiger partial charge is 0.193 e. The number of carbonyl (C=O) groups excluding carboxylic acids is 1. The van der Waals surface area contributed by atoms with Gasteiger partial charge in [0.05, 0.1) is 9.27 Å². The molecule has 2 rings (SSSR count). The summed E-state index contributed by atoms with van der Waals surface area (Å²) in [6, 6.07) is 16.7. The molecule has 108 valence electrons. The number of carbonyl (C=O) groups is 1. The molecule has 0 aliphatic heterocycles. The molecule has 0 unspecified atom stereocenters. The lowest BCUT2D eigenvalue weighted by molar-refractivity contribution is 0.103. The molecule has 0 radical (unpaired) electrons. The molecule has 2 aromatic rings. The molecule has 0 aromatic heterocycles. The Labute approximate surface area is 138 Å². The van der Waals surface area contributed by atoms with Gasteiger partial charge in [0.2, 0.25) is 0 Å². The number of hydrogen-bond acceptors (Lipinski definition) is 3. The first-order chi connectivity index (χ1) is 10.2. The van der Waals surface area contributed by atoms with Crippen molar-refractivity contribution in [3.05, 3.63) is 75.5 Å². The molecule has 0 aliphatic carbocycles. The van der Waals surface area contributed by atoms with E-state index in [-0.39, 0.29) is 5.78 Å². The SMILES string of the molecule is CSC(SC)=C(Cl)c1ccccc1C(=O)c1ccccc1. The number of rotatable bonds is 5. The molecule has 0 saturated carbocycles. The van der Waals surface area contributed by atoms with E-state index < -0.39 is 0 Å². The Morgan fingerprint density at radius 3 is 1.95 bits per heavy atom. The summed E-state index contributed by atoms with van der Waals surface area (Å²) in [5, 5.41) is 0.634. The first-order valence-corrected chi connectivity index (χ1v) is 9.18. The molecule has 0 N–H and O–H groups in total. The van der Waals surface area contributed by atoms with Crippen molar-refractivity contribution in [1.29, 1.82) is 0 Å². The number of hydrogen-bond donors (Lipinski definition) is 0. The normalized spacial score (nSPS) is 10.2. The standard InChI is InChI=1S/C17H15ClOS2/c1-20-17(21-2)15(18)13-10-6-7-11-14(13)16(19)12-8-4-3-5-9-12/h3-11H,1-2H3. The first kappa shape index (κ1) is 16.2. The van der Waals surface area contributed by atoms with Crippen molar-refractivity contribution < 1.29 is 4.79 Å². The van der Waals surface area contributed by atoms with Crippen LogP contribution in [0.25, 0.3) is 5.03 Å². The van der Waals surface area contributed by atoms with E-state index in [1.807, 2.05) is 67.1 Å². The highest BCUT2D eigenvalue weighted by atomic mass is 35.5. The summed E-state index contributed by atoms with van der Waals surface area (Å²) >= 11 is 9.67. The second kappa shape index (κ2) is 7.74. The van der Waals surface area contributed by atoms with Crippen LogP contribution in [0.2, 0.25) is 0 Å². The van der Waals surface area contributed by atoms with Crippen LogP contribution in [0.1, 0.15) is 21.5 Å². The topological polar surface area (TPSA) is 17.1 Å². The van der Waals surface area contributed by atoms with Gasteiger partial charge >= 0.3 is 0 Å². The molecule has 2 aromatic carbocycles. The van der Waals surface area contributed by atoms with Crippen LogP contribution < -0.4 is 0 Å². The number of ketones is 1. The summed E-state index contributed by atoms with van der Waals surface area (Å²) < 4.78 is 1.00. The summed E-state index contributed by atoms with van der Waals surface area (Å²) in [4.78, 5) is 12.7. The summed E-state index contributed by atoms with van der Waals surface area (Å²) in [6.45, 7) is 0. The van der Waals surface area contributed by atoms with Crippen molar-refractivity contribution >= 4 is 45.9 Å². The molecule has 4 heteroatoms. The van der Waals surface area contributed by atoms with Crippen molar-refractivity contribution in [1.82, 2.24) is 0 Å². The zero-order valence-corrected chi connectivity index (χ0v) is 14.2. The zero-order valence-electron chi connectivity index (χ0n) is 11.8. The van der Waals surface area contributed by atoms with Crippen molar-refractivity contribution in [2.45, 2.75) is 0 Å². The molecule has 0 atom stereocenters.